The van der Waals surface area contributed by atoms with E-state index in [1.807, 2.05) is 29.2 Å². The van der Waals surface area contributed by atoms with Crippen LogP contribution in [0.15, 0.2) is 41.8 Å². The summed E-state index contributed by atoms with van der Waals surface area (Å²) in [4.78, 5) is 35.2. The monoisotopic (exact) mass is 454 g/mol. The van der Waals surface area contributed by atoms with Gasteiger partial charge in [-0.05, 0) is 36.4 Å². The number of carbonyl (C=O) groups excluding carboxylic acids is 2. The number of hydrogen-bond acceptors (Lipinski definition) is 6. The molecule has 3 aromatic rings. The summed E-state index contributed by atoms with van der Waals surface area (Å²) in [6.07, 6.45) is 3.36. The molecule has 31 heavy (non-hydrogen) atoms. The Hall–Kier alpha value is -2.45. The van der Waals surface area contributed by atoms with Crippen molar-refractivity contribution in [3.63, 3.8) is 0 Å². The molecular weight excluding hydrogens is 428 g/mol. The van der Waals surface area contributed by atoms with Gasteiger partial charge in [-0.3, -0.25) is 9.59 Å². The van der Waals surface area contributed by atoms with Crippen LogP contribution in [0.3, 0.4) is 0 Å². The number of fused-ring (bicyclic) bond motifs is 1. The quantitative estimate of drug-likeness (QED) is 0.617. The van der Waals surface area contributed by atoms with Gasteiger partial charge in [0, 0.05) is 55.9 Å². The molecule has 1 N–H and O–H groups in total. The first-order chi connectivity index (χ1) is 15.1. The average Bonchev–Trinajstić information content (AvgIpc) is 3.53. The highest BCUT2D eigenvalue weighted by Gasteiger charge is 2.38. The van der Waals surface area contributed by atoms with Crippen molar-refractivity contribution in [2.45, 2.75) is 37.6 Å². The molecule has 0 aliphatic carbocycles. The molecule has 0 saturated carbocycles. The minimum atomic E-state index is -0.277. The van der Waals surface area contributed by atoms with E-state index in [4.69, 9.17) is 4.98 Å². The van der Waals surface area contributed by atoms with Crippen LogP contribution in [-0.4, -0.2) is 53.4 Å². The van der Waals surface area contributed by atoms with Crippen LogP contribution in [0.25, 0.3) is 10.2 Å². The summed E-state index contributed by atoms with van der Waals surface area (Å²) in [7, 11) is 0. The number of piperazine rings is 1. The van der Waals surface area contributed by atoms with Crippen molar-refractivity contribution in [2.75, 3.05) is 31.1 Å². The maximum Gasteiger partial charge on any atom is 0.222 e. The SMILES string of the molecule is O=C1CCC(CCC(=O)N2CCN(c3nc4ccccc4s3)CC2)(Cc2cccs2)N1. The normalized spacial score (nSPS) is 21.6. The molecule has 4 heterocycles. The maximum atomic E-state index is 12.9. The third kappa shape index (κ3) is 4.45. The molecule has 2 saturated heterocycles. The van der Waals surface area contributed by atoms with Gasteiger partial charge in [0.1, 0.15) is 0 Å². The zero-order valence-corrected chi connectivity index (χ0v) is 19.0. The first-order valence-electron chi connectivity index (χ1n) is 10.8. The van der Waals surface area contributed by atoms with Crippen LogP contribution in [0, 0.1) is 0 Å². The lowest BCUT2D eigenvalue weighted by Crippen LogP contribution is -2.50. The van der Waals surface area contributed by atoms with E-state index < -0.39 is 0 Å². The smallest absolute Gasteiger partial charge is 0.222 e. The second-order valence-electron chi connectivity index (χ2n) is 8.42. The van der Waals surface area contributed by atoms with Crippen LogP contribution in [0.4, 0.5) is 5.13 Å². The first kappa shape index (κ1) is 20.5. The molecule has 2 aliphatic rings. The number of nitrogens with one attached hydrogen (secondary N) is 1. The fourth-order valence-corrected chi connectivity index (χ4v) is 6.44. The van der Waals surface area contributed by atoms with Gasteiger partial charge in [0.15, 0.2) is 5.13 Å². The molecule has 162 valence electrons. The van der Waals surface area contributed by atoms with Gasteiger partial charge in [-0.2, -0.15) is 0 Å². The number of amides is 2. The number of benzene rings is 1. The molecule has 6 nitrogen and oxygen atoms in total. The number of rotatable bonds is 6. The summed E-state index contributed by atoms with van der Waals surface area (Å²) < 4.78 is 1.20. The van der Waals surface area contributed by atoms with E-state index in [1.165, 1.54) is 9.58 Å². The van der Waals surface area contributed by atoms with Gasteiger partial charge >= 0.3 is 0 Å². The van der Waals surface area contributed by atoms with Crippen molar-refractivity contribution in [3.05, 3.63) is 46.7 Å². The van der Waals surface area contributed by atoms with Crippen LogP contribution in [0.5, 0.6) is 0 Å². The molecule has 0 bridgehead atoms. The van der Waals surface area contributed by atoms with Crippen molar-refractivity contribution in [1.82, 2.24) is 15.2 Å². The molecule has 0 spiro atoms. The van der Waals surface area contributed by atoms with E-state index >= 15 is 0 Å². The third-order valence-electron chi connectivity index (χ3n) is 6.33. The van der Waals surface area contributed by atoms with Crippen LogP contribution in [0.1, 0.15) is 30.6 Å². The van der Waals surface area contributed by atoms with Gasteiger partial charge < -0.3 is 15.1 Å². The van der Waals surface area contributed by atoms with E-state index in [1.54, 1.807) is 22.7 Å². The van der Waals surface area contributed by atoms with E-state index in [-0.39, 0.29) is 17.4 Å². The summed E-state index contributed by atoms with van der Waals surface area (Å²) >= 11 is 3.43. The zero-order chi connectivity index (χ0) is 21.3. The van der Waals surface area contributed by atoms with Crippen molar-refractivity contribution in [1.29, 1.82) is 0 Å². The molecule has 1 atom stereocenters. The molecule has 5 rings (SSSR count). The Morgan fingerprint density at radius 2 is 1.97 bits per heavy atom. The van der Waals surface area contributed by atoms with Gasteiger partial charge in [0.25, 0.3) is 0 Å². The summed E-state index contributed by atoms with van der Waals surface area (Å²) in [5.41, 5.74) is 0.760. The standard InChI is InChI=1S/C23H26N4O2S2/c28-20-7-9-23(25-20,16-17-4-3-15-30-17)10-8-21(29)26-11-13-27(14-12-26)22-24-18-5-1-2-6-19(18)31-22/h1-6,15H,7-14,16H2,(H,25,28). The second kappa shape index (κ2) is 8.59. The number of carbonyl (C=O) groups is 2. The van der Waals surface area contributed by atoms with Crippen molar-refractivity contribution in [2.24, 2.45) is 0 Å². The van der Waals surface area contributed by atoms with Crippen LogP contribution < -0.4 is 10.2 Å². The number of anilines is 1. The molecular formula is C23H26N4O2S2. The molecule has 8 heteroatoms. The fourth-order valence-electron chi connectivity index (χ4n) is 4.58. The Morgan fingerprint density at radius 3 is 2.68 bits per heavy atom. The molecule has 1 aromatic carbocycles. The Morgan fingerprint density at radius 1 is 1.13 bits per heavy atom. The zero-order valence-electron chi connectivity index (χ0n) is 17.4. The minimum Gasteiger partial charge on any atom is -0.350 e. The van der Waals surface area contributed by atoms with Crippen molar-refractivity contribution in [3.8, 4) is 0 Å². The second-order valence-corrected chi connectivity index (χ2v) is 10.5. The summed E-state index contributed by atoms with van der Waals surface area (Å²) in [5.74, 6) is 0.295. The van der Waals surface area contributed by atoms with Crippen LogP contribution >= 0.6 is 22.7 Å². The number of nitrogens with zero attached hydrogens (tertiary/aromatic N) is 3. The van der Waals surface area contributed by atoms with Gasteiger partial charge in [-0.15, -0.1) is 11.3 Å². The Kier molecular flexibility index (Phi) is 5.67. The van der Waals surface area contributed by atoms with E-state index in [0.717, 1.165) is 49.7 Å². The van der Waals surface area contributed by atoms with E-state index in [2.05, 4.69) is 27.7 Å². The Labute approximate surface area is 189 Å². The highest BCUT2D eigenvalue weighted by molar-refractivity contribution is 7.22. The minimum absolute atomic E-state index is 0.105. The predicted molar refractivity (Wildman–Crippen MR) is 126 cm³/mol. The Bertz CT molecular complexity index is 1040. The van der Waals surface area contributed by atoms with Crippen molar-refractivity contribution < 1.29 is 9.59 Å². The van der Waals surface area contributed by atoms with Crippen LogP contribution in [0.2, 0.25) is 0 Å². The third-order valence-corrected chi connectivity index (χ3v) is 8.30. The molecule has 1 unspecified atom stereocenters. The lowest BCUT2D eigenvalue weighted by molar-refractivity contribution is -0.132. The molecule has 0 radical (unpaired) electrons. The number of hydrogen-bond donors (Lipinski definition) is 1. The number of thiazole rings is 1. The van der Waals surface area contributed by atoms with Gasteiger partial charge in [-0.25, -0.2) is 4.98 Å². The summed E-state index contributed by atoms with van der Waals surface area (Å²) in [6.45, 7) is 3.06. The largest absolute Gasteiger partial charge is 0.350 e. The maximum absolute atomic E-state index is 12.9. The van der Waals surface area contributed by atoms with Gasteiger partial charge in [0.2, 0.25) is 11.8 Å². The lowest BCUT2D eigenvalue weighted by Gasteiger charge is -2.35. The van der Waals surface area contributed by atoms with E-state index in [0.29, 0.717) is 19.3 Å². The molecule has 2 amide bonds. The Balaban J connectivity index is 1.17. The fraction of sp³-hybridized carbons (Fsp3) is 0.435. The molecule has 2 fully saturated rings. The van der Waals surface area contributed by atoms with Gasteiger partial charge in [-0.1, -0.05) is 29.5 Å². The first-order valence-corrected chi connectivity index (χ1v) is 12.5. The predicted octanol–water partition coefficient (Wildman–Crippen LogP) is 3.68. The van der Waals surface area contributed by atoms with Gasteiger partial charge in [0.05, 0.1) is 10.2 Å². The number of thiophene rings is 1. The highest BCUT2D eigenvalue weighted by Crippen LogP contribution is 2.32. The van der Waals surface area contributed by atoms with E-state index in [9.17, 15) is 9.59 Å². The number of para-hydroxylation sites is 1. The lowest BCUT2D eigenvalue weighted by atomic mass is 9.87. The summed E-state index contributed by atoms with van der Waals surface area (Å²) in [6, 6.07) is 12.4. The van der Waals surface area contributed by atoms with Crippen LogP contribution in [-0.2, 0) is 16.0 Å². The molecule has 2 aliphatic heterocycles. The molecule has 2 aromatic heterocycles. The average molecular weight is 455 g/mol. The highest BCUT2D eigenvalue weighted by atomic mass is 32.1. The van der Waals surface area contributed by atoms with Crippen molar-refractivity contribution >= 4 is 49.8 Å². The summed E-state index contributed by atoms with van der Waals surface area (Å²) in [5, 5.41) is 6.29. The topological polar surface area (TPSA) is 65.5 Å². The number of aromatic nitrogens is 1.